The fourth-order valence-corrected chi connectivity index (χ4v) is 2.65. The maximum atomic E-state index is 11.8. The molecule has 0 fully saturated rings. The largest absolute Gasteiger partial charge is 0.385 e. The summed E-state index contributed by atoms with van der Waals surface area (Å²) in [5.41, 5.74) is 5.28. The molecule has 0 unspecified atom stereocenters. The Morgan fingerprint density at radius 2 is 1.93 bits per heavy atom. The summed E-state index contributed by atoms with van der Waals surface area (Å²) >= 11 is 12.2. The number of ether oxygens (including phenoxy) is 1. The average molecular weight is 437 g/mol. The van der Waals surface area contributed by atoms with E-state index in [1.54, 1.807) is 25.3 Å². The summed E-state index contributed by atoms with van der Waals surface area (Å²) < 4.78 is 4.87. The minimum absolute atomic E-state index is 0.339. The van der Waals surface area contributed by atoms with E-state index in [4.69, 9.17) is 27.9 Å². The molecule has 0 radical (unpaired) electrons. The van der Waals surface area contributed by atoms with Gasteiger partial charge in [0.25, 0.3) is 0 Å². The molecule has 3 N–H and O–H groups in total. The number of nitrogens with one attached hydrogen (secondary N) is 3. The average Bonchev–Trinajstić information content (AvgIpc) is 2.69. The molecule has 7 nitrogen and oxygen atoms in total. The molecule has 0 saturated heterocycles. The zero-order chi connectivity index (χ0) is 21.2. The predicted molar refractivity (Wildman–Crippen MR) is 116 cm³/mol. The van der Waals surface area contributed by atoms with Gasteiger partial charge in [0.15, 0.2) is 0 Å². The lowest BCUT2D eigenvalue weighted by atomic mass is 10.1. The van der Waals surface area contributed by atoms with E-state index in [9.17, 15) is 9.59 Å². The van der Waals surface area contributed by atoms with Gasteiger partial charge in [-0.15, -0.1) is 0 Å². The van der Waals surface area contributed by atoms with Crippen molar-refractivity contribution in [1.82, 2.24) is 10.7 Å². The van der Waals surface area contributed by atoms with Gasteiger partial charge in [-0.1, -0.05) is 29.3 Å². The Labute approximate surface area is 179 Å². The monoisotopic (exact) mass is 436 g/mol. The summed E-state index contributed by atoms with van der Waals surface area (Å²) in [4.78, 5) is 23.5. The highest BCUT2D eigenvalue weighted by Gasteiger charge is 2.11. The lowest BCUT2D eigenvalue weighted by Gasteiger charge is -2.11. The van der Waals surface area contributed by atoms with Crippen LogP contribution in [0, 0.1) is 6.92 Å². The molecule has 2 rings (SSSR count). The number of carbonyl (C=O) groups is 2. The van der Waals surface area contributed by atoms with Crippen LogP contribution in [0.2, 0.25) is 10.0 Å². The summed E-state index contributed by atoms with van der Waals surface area (Å²) in [5, 5.41) is 10.7. The number of carbonyl (C=O) groups excluding carboxylic acids is 2. The van der Waals surface area contributed by atoms with Gasteiger partial charge in [0, 0.05) is 47.2 Å². The van der Waals surface area contributed by atoms with E-state index in [-0.39, 0.29) is 0 Å². The van der Waals surface area contributed by atoms with Crippen LogP contribution >= 0.6 is 23.2 Å². The number of hydrogen-bond acceptors (Lipinski definition) is 5. The van der Waals surface area contributed by atoms with E-state index in [1.165, 1.54) is 6.21 Å². The standard InChI is InChI=1S/C20H22Cl2N4O3/c1-13-4-6-16(11-17(13)22)25-18-7-5-15(21)10-14(18)12-24-26-20(28)19(27)23-8-3-9-29-2/h4-7,10-12,25H,3,8-9H2,1-2H3,(H,23,27)(H,26,28)/b24-12-. The topological polar surface area (TPSA) is 91.8 Å². The van der Waals surface area contributed by atoms with Crippen LogP contribution in [0.5, 0.6) is 0 Å². The predicted octanol–water partition coefficient (Wildman–Crippen LogP) is 3.65. The first kappa shape index (κ1) is 22.7. The van der Waals surface area contributed by atoms with Gasteiger partial charge in [-0.25, -0.2) is 5.43 Å². The van der Waals surface area contributed by atoms with Gasteiger partial charge in [0.05, 0.1) is 6.21 Å². The van der Waals surface area contributed by atoms with Crippen molar-refractivity contribution in [3.05, 3.63) is 57.6 Å². The van der Waals surface area contributed by atoms with Crippen molar-refractivity contribution in [3.8, 4) is 0 Å². The maximum Gasteiger partial charge on any atom is 0.329 e. The molecule has 0 bridgehead atoms. The third kappa shape index (κ3) is 7.38. The van der Waals surface area contributed by atoms with E-state index in [2.05, 4.69) is 21.2 Å². The molecule has 0 spiro atoms. The summed E-state index contributed by atoms with van der Waals surface area (Å²) in [6.45, 7) is 2.75. The Kier molecular flexibility index (Phi) is 8.92. The van der Waals surface area contributed by atoms with Crippen LogP contribution in [0.3, 0.4) is 0 Å². The number of methoxy groups -OCH3 is 1. The molecule has 0 aliphatic carbocycles. The van der Waals surface area contributed by atoms with Crippen LogP contribution in [0.25, 0.3) is 0 Å². The number of halogens is 2. The molecule has 0 atom stereocenters. The Bertz CT molecular complexity index is 903. The molecule has 0 aliphatic heterocycles. The van der Waals surface area contributed by atoms with E-state index >= 15 is 0 Å². The van der Waals surface area contributed by atoms with Crippen LogP contribution in [-0.4, -0.2) is 38.3 Å². The molecule has 0 aliphatic rings. The van der Waals surface area contributed by atoms with Gasteiger partial charge >= 0.3 is 11.8 Å². The fourth-order valence-electron chi connectivity index (χ4n) is 2.29. The first-order chi connectivity index (χ1) is 13.9. The third-order valence-electron chi connectivity index (χ3n) is 3.85. The van der Waals surface area contributed by atoms with Crippen LogP contribution in [-0.2, 0) is 14.3 Å². The molecule has 2 aromatic rings. The molecule has 0 heterocycles. The SMILES string of the molecule is COCCCNC(=O)C(=O)N/N=C\c1cc(Cl)ccc1Nc1ccc(C)c(Cl)c1. The number of hydrogen-bond donors (Lipinski definition) is 3. The van der Waals surface area contributed by atoms with Gasteiger partial charge < -0.3 is 15.4 Å². The fraction of sp³-hybridized carbons (Fsp3) is 0.250. The van der Waals surface area contributed by atoms with Crippen molar-refractivity contribution in [2.24, 2.45) is 5.10 Å². The highest BCUT2D eigenvalue weighted by molar-refractivity contribution is 6.35. The van der Waals surface area contributed by atoms with Crippen molar-refractivity contribution in [3.63, 3.8) is 0 Å². The van der Waals surface area contributed by atoms with E-state index in [0.717, 1.165) is 11.3 Å². The molecular formula is C20H22Cl2N4O3. The van der Waals surface area contributed by atoms with Gasteiger partial charge in [-0.3, -0.25) is 9.59 Å². The quantitative estimate of drug-likeness (QED) is 0.255. The van der Waals surface area contributed by atoms with Gasteiger partial charge in [-0.2, -0.15) is 5.10 Å². The molecule has 9 heteroatoms. The maximum absolute atomic E-state index is 11.8. The number of hydrazone groups is 1. The van der Waals surface area contributed by atoms with E-state index in [0.29, 0.717) is 40.9 Å². The molecule has 2 aromatic carbocycles. The molecule has 2 amide bonds. The number of amides is 2. The second kappa shape index (κ2) is 11.4. The highest BCUT2D eigenvalue weighted by Crippen LogP contribution is 2.26. The minimum atomic E-state index is -0.861. The Balaban J connectivity index is 2.02. The van der Waals surface area contributed by atoms with E-state index in [1.807, 2.05) is 25.1 Å². The van der Waals surface area contributed by atoms with Gasteiger partial charge in [0.2, 0.25) is 0 Å². The molecule has 0 saturated carbocycles. The molecular weight excluding hydrogens is 415 g/mol. The van der Waals surface area contributed by atoms with Gasteiger partial charge in [-0.05, 0) is 49.2 Å². The second-order valence-electron chi connectivity index (χ2n) is 6.12. The highest BCUT2D eigenvalue weighted by atomic mass is 35.5. The van der Waals surface area contributed by atoms with Crippen LogP contribution in [0.1, 0.15) is 17.5 Å². The first-order valence-electron chi connectivity index (χ1n) is 8.83. The Morgan fingerprint density at radius 3 is 2.66 bits per heavy atom. The lowest BCUT2D eigenvalue weighted by molar-refractivity contribution is -0.139. The molecule has 29 heavy (non-hydrogen) atoms. The summed E-state index contributed by atoms with van der Waals surface area (Å²) in [6, 6.07) is 10.8. The molecule has 0 aromatic heterocycles. The normalized spacial score (nSPS) is 10.8. The Hall–Kier alpha value is -2.61. The summed E-state index contributed by atoms with van der Waals surface area (Å²) in [5.74, 6) is -1.63. The zero-order valence-corrected chi connectivity index (χ0v) is 17.6. The van der Waals surface area contributed by atoms with Crippen LogP contribution in [0.4, 0.5) is 11.4 Å². The second-order valence-corrected chi connectivity index (χ2v) is 6.97. The first-order valence-corrected chi connectivity index (χ1v) is 9.59. The van der Waals surface area contributed by atoms with Gasteiger partial charge in [0.1, 0.15) is 0 Å². The number of nitrogens with zero attached hydrogens (tertiary/aromatic N) is 1. The Morgan fingerprint density at radius 1 is 1.14 bits per heavy atom. The van der Waals surface area contributed by atoms with Crippen molar-refractivity contribution < 1.29 is 14.3 Å². The number of rotatable bonds is 8. The smallest absolute Gasteiger partial charge is 0.329 e. The minimum Gasteiger partial charge on any atom is -0.385 e. The number of anilines is 2. The van der Waals surface area contributed by atoms with Crippen molar-refractivity contribution in [2.45, 2.75) is 13.3 Å². The lowest BCUT2D eigenvalue weighted by Crippen LogP contribution is -2.38. The van der Waals surface area contributed by atoms with Crippen molar-refractivity contribution >= 4 is 52.6 Å². The summed E-state index contributed by atoms with van der Waals surface area (Å²) in [7, 11) is 1.57. The molecule has 154 valence electrons. The number of benzene rings is 2. The van der Waals surface area contributed by atoms with E-state index < -0.39 is 11.8 Å². The summed E-state index contributed by atoms with van der Waals surface area (Å²) in [6.07, 6.45) is 2.01. The van der Waals surface area contributed by atoms with Crippen molar-refractivity contribution in [2.75, 3.05) is 25.6 Å². The van der Waals surface area contributed by atoms with Crippen molar-refractivity contribution in [1.29, 1.82) is 0 Å². The third-order valence-corrected chi connectivity index (χ3v) is 4.49. The van der Waals surface area contributed by atoms with Crippen LogP contribution < -0.4 is 16.1 Å². The zero-order valence-electron chi connectivity index (χ0n) is 16.1. The number of aryl methyl sites for hydroxylation is 1. The van der Waals surface area contributed by atoms with Crippen LogP contribution in [0.15, 0.2) is 41.5 Å².